The van der Waals surface area contributed by atoms with Gasteiger partial charge in [0.2, 0.25) is 5.91 Å². The van der Waals surface area contributed by atoms with E-state index in [1.165, 1.54) is 11.8 Å². The van der Waals surface area contributed by atoms with E-state index in [1.807, 2.05) is 45.0 Å². The van der Waals surface area contributed by atoms with Crippen LogP contribution in [-0.4, -0.2) is 23.7 Å². The topological polar surface area (TPSA) is 58.2 Å². The number of aryl methyl sites for hydroxylation is 1. The van der Waals surface area contributed by atoms with Crippen LogP contribution in [0.4, 0.5) is 4.79 Å². The SMILES string of the molecule is Cc1cccc(SC(C)C(=O)NC(=O)NCC(C)C)c1. The summed E-state index contributed by atoms with van der Waals surface area (Å²) in [6.07, 6.45) is 0. The molecule has 1 rings (SSSR count). The number of rotatable bonds is 5. The van der Waals surface area contributed by atoms with Crippen molar-refractivity contribution in [3.63, 3.8) is 0 Å². The molecule has 0 saturated heterocycles. The summed E-state index contributed by atoms with van der Waals surface area (Å²) in [5, 5.41) is 4.70. The second-order valence-corrected chi connectivity index (χ2v) is 6.58. The molecule has 0 spiro atoms. The summed E-state index contributed by atoms with van der Waals surface area (Å²) in [7, 11) is 0. The Balaban J connectivity index is 2.45. The lowest BCUT2D eigenvalue weighted by Crippen LogP contribution is -2.43. The fourth-order valence-electron chi connectivity index (χ4n) is 1.50. The number of amides is 3. The molecule has 1 aromatic carbocycles. The van der Waals surface area contributed by atoms with E-state index >= 15 is 0 Å². The maximum atomic E-state index is 11.9. The fourth-order valence-corrected chi connectivity index (χ4v) is 2.49. The number of nitrogens with one attached hydrogen (secondary N) is 2. The number of carbonyl (C=O) groups is 2. The largest absolute Gasteiger partial charge is 0.338 e. The first-order valence-electron chi connectivity index (χ1n) is 6.70. The molecule has 2 N–H and O–H groups in total. The number of urea groups is 1. The number of carbonyl (C=O) groups excluding carboxylic acids is 2. The Morgan fingerprint density at radius 3 is 2.55 bits per heavy atom. The zero-order valence-corrected chi connectivity index (χ0v) is 13.2. The maximum absolute atomic E-state index is 11.9. The van der Waals surface area contributed by atoms with Crippen LogP contribution in [0.15, 0.2) is 29.2 Å². The second-order valence-electron chi connectivity index (χ2n) is 5.17. The van der Waals surface area contributed by atoms with Crippen molar-refractivity contribution in [2.45, 2.75) is 37.8 Å². The molecule has 1 atom stereocenters. The van der Waals surface area contributed by atoms with E-state index < -0.39 is 6.03 Å². The Hall–Kier alpha value is -1.49. The predicted octanol–water partition coefficient (Wildman–Crippen LogP) is 2.96. The third kappa shape index (κ3) is 6.10. The molecule has 0 aliphatic rings. The Kier molecular flexibility index (Phi) is 6.58. The highest BCUT2D eigenvalue weighted by molar-refractivity contribution is 8.00. The second kappa shape index (κ2) is 7.94. The summed E-state index contributed by atoms with van der Waals surface area (Å²) in [5.74, 6) is 0.0766. The number of benzene rings is 1. The van der Waals surface area contributed by atoms with Gasteiger partial charge in [-0.05, 0) is 31.9 Å². The molecule has 0 aliphatic carbocycles. The summed E-state index contributed by atoms with van der Waals surface area (Å²) >= 11 is 1.44. The van der Waals surface area contributed by atoms with Crippen LogP contribution in [0.5, 0.6) is 0 Å². The molecule has 4 nitrogen and oxygen atoms in total. The molecule has 0 heterocycles. The van der Waals surface area contributed by atoms with Gasteiger partial charge in [0.15, 0.2) is 0 Å². The Morgan fingerprint density at radius 2 is 1.95 bits per heavy atom. The van der Waals surface area contributed by atoms with Crippen LogP contribution in [0.25, 0.3) is 0 Å². The smallest absolute Gasteiger partial charge is 0.321 e. The van der Waals surface area contributed by atoms with Crippen molar-refractivity contribution in [3.05, 3.63) is 29.8 Å². The highest BCUT2D eigenvalue weighted by atomic mass is 32.2. The quantitative estimate of drug-likeness (QED) is 0.821. The minimum atomic E-state index is -0.430. The molecule has 3 amide bonds. The van der Waals surface area contributed by atoms with Gasteiger partial charge in [-0.3, -0.25) is 10.1 Å². The van der Waals surface area contributed by atoms with Gasteiger partial charge in [-0.2, -0.15) is 0 Å². The first kappa shape index (κ1) is 16.6. The molecular weight excluding hydrogens is 272 g/mol. The van der Waals surface area contributed by atoms with Crippen LogP contribution < -0.4 is 10.6 Å². The fraction of sp³-hybridized carbons (Fsp3) is 0.467. The molecular formula is C15H22N2O2S. The average Bonchev–Trinajstić information content (AvgIpc) is 2.36. The highest BCUT2D eigenvalue weighted by Gasteiger charge is 2.17. The minimum absolute atomic E-state index is 0.280. The van der Waals surface area contributed by atoms with E-state index in [0.29, 0.717) is 12.5 Å². The molecule has 1 aromatic rings. The van der Waals surface area contributed by atoms with Crippen molar-refractivity contribution in [3.8, 4) is 0 Å². The van der Waals surface area contributed by atoms with Crippen LogP contribution >= 0.6 is 11.8 Å². The maximum Gasteiger partial charge on any atom is 0.321 e. The first-order valence-corrected chi connectivity index (χ1v) is 7.58. The summed E-state index contributed by atoms with van der Waals surface area (Å²) < 4.78 is 0. The number of thioether (sulfide) groups is 1. The zero-order chi connectivity index (χ0) is 15.1. The Bertz CT molecular complexity index is 475. The third-order valence-corrected chi connectivity index (χ3v) is 3.67. The molecule has 110 valence electrons. The van der Waals surface area contributed by atoms with E-state index in [-0.39, 0.29) is 11.2 Å². The van der Waals surface area contributed by atoms with Gasteiger partial charge in [-0.15, -0.1) is 11.8 Å². The lowest BCUT2D eigenvalue weighted by Gasteiger charge is -2.13. The monoisotopic (exact) mass is 294 g/mol. The molecule has 0 bridgehead atoms. The van der Waals surface area contributed by atoms with Gasteiger partial charge < -0.3 is 5.32 Å². The van der Waals surface area contributed by atoms with E-state index in [0.717, 1.165) is 10.5 Å². The predicted molar refractivity (Wildman–Crippen MR) is 82.9 cm³/mol. The van der Waals surface area contributed by atoms with Gasteiger partial charge in [0.25, 0.3) is 0 Å². The van der Waals surface area contributed by atoms with Gasteiger partial charge in [-0.25, -0.2) is 4.79 Å². The van der Waals surface area contributed by atoms with Crippen molar-refractivity contribution in [2.24, 2.45) is 5.92 Å². The van der Waals surface area contributed by atoms with Gasteiger partial charge in [0, 0.05) is 11.4 Å². The van der Waals surface area contributed by atoms with E-state index in [4.69, 9.17) is 0 Å². The lowest BCUT2D eigenvalue weighted by molar-refractivity contribution is -0.119. The van der Waals surface area contributed by atoms with Crippen molar-refractivity contribution in [1.29, 1.82) is 0 Å². The lowest BCUT2D eigenvalue weighted by atomic mass is 10.2. The van der Waals surface area contributed by atoms with Gasteiger partial charge in [0.05, 0.1) is 5.25 Å². The van der Waals surface area contributed by atoms with Gasteiger partial charge >= 0.3 is 6.03 Å². The van der Waals surface area contributed by atoms with Crippen molar-refractivity contribution < 1.29 is 9.59 Å². The summed E-state index contributed by atoms with van der Waals surface area (Å²) in [6.45, 7) is 8.35. The van der Waals surface area contributed by atoms with Crippen LogP contribution in [0.3, 0.4) is 0 Å². The molecule has 0 aliphatic heterocycles. The molecule has 20 heavy (non-hydrogen) atoms. The molecule has 0 fully saturated rings. The number of hydrogen-bond acceptors (Lipinski definition) is 3. The van der Waals surface area contributed by atoms with E-state index in [2.05, 4.69) is 10.6 Å². The normalized spacial score (nSPS) is 12.1. The standard InChI is InChI=1S/C15H22N2O2S/c1-10(2)9-16-15(19)17-14(18)12(4)20-13-7-5-6-11(3)8-13/h5-8,10,12H,9H2,1-4H3,(H2,16,17,18,19). The number of hydrogen-bond donors (Lipinski definition) is 2. The molecule has 0 aromatic heterocycles. The van der Waals surface area contributed by atoms with Crippen LogP contribution in [0.1, 0.15) is 26.3 Å². The summed E-state index contributed by atoms with van der Waals surface area (Å²) in [4.78, 5) is 24.4. The highest BCUT2D eigenvalue weighted by Crippen LogP contribution is 2.23. The number of imide groups is 1. The molecule has 0 saturated carbocycles. The van der Waals surface area contributed by atoms with E-state index in [1.54, 1.807) is 6.92 Å². The van der Waals surface area contributed by atoms with E-state index in [9.17, 15) is 9.59 Å². The van der Waals surface area contributed by atoms with Crippen LogP contribution in [-0.2, 0) is 4.79 Å². The minimum Gasteiger partial charge on any atom is -0.338 e. The third-order valence-electron chi connectivity index (χ3n) is 2.58. The molecule has 0 radical (unpaired) electrons. The molecule has 5 heteroatoms. The van der Waals surface area contributed by atoms with Gasteiger partial charge in [-0.1, -0.05) is 31.5 Å². The van der Waals surface area contributed by atoms with Crippen molar-refractivity contribution in [2.75, 3.05) is 6.54 Å². The van der Waals surface area contributed by atoms with Gasteiger partial charge in [0.1, 0.15) is 0 Å². The Labute approximate surface area is 124 Å². The summed E-state index contributed by atoms with van der Waals surface area (Å²) in [6, 6.07) is 7.51. The molecule has 1 unspecified atom stereocenters. The summed E-state index contributed by atoms with van der Waals surface area (Å²) in [5.41, 5.74) is 1.15. The Morgan fingerprint density at radius 1 is 1.25 bits per heavy atom. The zero-order valence-electron chi connectivity index (χ0n) is 12.4. The van der Waals surface area contributed by atoms with Crippen LogP contribution in [0, 0.1) is 12.8 Å². The van der Waals surface area contributed by atoms with Crippen molar-refractivity contribution in [1.82, 2.24) is 10.6 Å². The van der Waals surface area contributed by atoms with Crippen LogP contribution in [0.2, 0.25) is 0 Å². The van der Waals surface area contributed by atoms with Crippen molar-refractivity contribution >= 4 is 23.7 Å². The first-order chi connectivity index (χ1) is 9.38. The average molecular weight is 294 g/mol.